The Morgan fingerprint density at radius 1 is 0.923 bits per heavy atom. The number of nitrogens with one attached hydrogen (secondary N) is 4. The summed E-state index contributed by atoms with van der Waals surface area (Å²) in [6.07, 6.45) is 1.60. The van der Waals surface area contributed by atoms with E-state index >= 15 is 0 Å². The Labute approximate surface area is 156 Å². The van der Waals surface area contributed by atoms with Crippen molar-refractivity contribution in [3.63, 3.8) is 0 Å². The van der Waals surface area contributed by atoms with Crippen LogP contribution in [-0.4, -0.2) is 22.7 Å². The highest BCUT2D eigenvalue weighted by molar-refractivity contribution is 9.10. The number of anilines is 1. The van der Waals surface area contributed by atoms with Gasteiger partial charge in [0.2, 0.25) is 0 Å². The number of hydrogen-bond donors (Lipinski definition) is 4. The van der Waals surface area contributed by atoms with Crippen molar-refractivity contribution in [3.8, 4) is 0 Å². The summed E-state index contributed by atoms with van der Waals surface area (Å²) < 4.78 is 5.61. The highest BCUT2D eigenvalue weighted by atomic mass is 79.9. The molecule has 0 saturated heterocycles. The molecule has 0 bridgehead atoms. The molecule has 0 fully saturated rings. The van der Waals surface area contributed by atoms with Crippen molar-refractivity contribution in [2.24, 2.45) is 0 Å². The lowest BCUT2D eigenvalue weighted by Crippen LogP contribution is -2.41. The number of aromatic nitrogens is 1. The molecule has 26 heavy (non-hydrogen) atoms. The molecule has 0 aliphatic carbocycles. The molecule has 0 aliphatic heterocycles. The van der Waals surface area contributed by atoms with Crippen LogP contribution in [0.5, 0.6) is 0 Å². The minimum atomic E-state index is -0.526. The third kappa shape index (κ3) is 4.19. The summed E-state index contributed by atoms with van der Waals surface area (Å²) in [5.41, 5.74) is 5.58. The minimum Gasteiger partial charge on any atom is -0.444 e. The predicted octanol–water partition coefficient (Wildman–Crippen LogP) is 2.70. The molecule has 1 aromatic carbocycles. The van der Waals surface area contributed by atoms with Gasteiger partial charge in [-0.25, -0.2) is 0 Å². The monoisotopic (exact) mass is 416 g/mol. The third-order valence-electron chi connectivity index (χ3n) is 3.31. The van der Waals surface area contributed by atoms with Crippen molar-refractivity contribution in [2.45, 2.75) is 0 Å². The molecule has 3 amide bonds. The van der Waals surface area contributed by atoms with Gasteiger partial charge in [0.25, 0.3) is 17.7 Å². The molecule has 0 unspecified atom stereocenters. The van der Waals surface area contributed by atoms with Crippen molar-refractivity contribution >= 4 is 39.3 Å². The molecule has 0 saturated carbocycles. The van der Waals surface area contributed by atoms with E-state index in [-0.39, 0.29) is 11.3 Å². The fourth-order valence-electron chi connectivity index (χ4n) is 2.09. The molecule has 0 spiro atoms. The van der Waals surface area contributed by atoms with Crippen LogP contribution < -0.4 is 16.2 Å². The summed E-state index contributed by atoms with van der Waals surface area (Å²) in [5.74, 6) is -1.32. The van der Waals surface area contributed by atoms with Crippen LogP contribution in [0.15, 0.2) is 63.8 Å². The van der Waals surface area contributed by atoms with E-state index in [1.807, 2.05) is 0 Å². The van der Waals surface area contributed by atoms with Crippen molar-refractivity contribution in [1.29, 1.82) is 0 Å². The van der Waals surface area contributed by atoms with Gasteiger partial charge in [-0.3, -0.25) is 25.2 Å². The van der Waals surface area contributed by atoms with Crippen LogP contribution >= 0.6 is 15.9 Å². The average molecular weight is 417 g/mol. The fraction of sp³-hybridized carbons (Fsp3) is 0. The van der Waals surface area contributed by atoms with E-state index in [0.29, 0.717) is 16.1 Å². The van der Waals surface area contributed by atoms with Crippen LogP contribution in [0.1, 0.15) is 31.4 Å². The molecule has 3 aromatic rings. The van der Waals surface area contributed by atoms with E-state index < -0.39 is 17.7 Å². The smallest absolute Gasteiger partial charge is 0.291 e. The Bertz CT molecular complexity index is 949. The van der Waals surface area contributed by atoms with Gasteiger partial charge in [0, 0.05) is 17.4 Å². The van der Waals surface area contributed by atoms with Gasteiger partial charge in [-0.2, -0.15) is 0 Å². The van der Waals surface area contributed by atoms with E-state index in [1.165, 1.54) is 12.1 Å². The number of aromatic amines is 1. The van der Waals surface area contributed by atoms with Gasteiger partial charge >= 0.3 is 0 Å². The van der Waals surface area contributed by atoms with Crippen molar-refractivity contribution < 1.29 is 18.8 Å². The Morgan fingerprint density at radius 3 is 2.42 bits per heavy atom. The molecule has 3 rings (SSSR count). The van der Waals surface area contributed by atoms with Gasteiger partial charge in [-0.15, -0.1) is 0 Å². The van der Waals surface area contributed by atoms with E-state index in [4.69, 9.17) is 4.42 Å². The largest absolute Gasteiger partial charge is 0.444 e. The number of rotatable bonds is 4. The number of halogens is 1. The maximum atomic E-state index is 12.2. The second kappa shape index (κ2) is 7.70. The Kier molecular flexibility index (Phi) is 5.18. The van der Waals surface area contributed by atoms with Crippen LogP contribution in [0, 0.1) is 0 Å². The van der Waals surface area contributed by atoms with Crippen LogP contribution in [0.25, 0.3) is 0 Å². The summed E-state index contributed by atoms with van der Waals surface area (Å²) in [6, 6.07) is 12.6. The van der Waals surface area contributed by atoms with Gasteiger partial charge in [0.1, 0.15) is 5.69 Å². The average Bonchev–Trinajstić information content (AvgIpc) is 3.31. The van der Waals surface area contributed by atoms with Gasteiger partial charge < -0.3 is 14.7 Å². The van der Waals surface area contributed by atoms with Gasteiger partial charge in [0.15, 0.2) is 10.4 Å². The molecule has 8 nitrogen and oxygen atoms in total. The Morgan fingerprint density at radius 2 is 1.73 bits per heavy atom. The maximum absolute atomic E-state index is 12.2. The third-order valence-corrected chi connectivity index (χ3v) is 3.74. The molecular weight excluding hydrogens is 404 g/mol. The highest BCUT2D eigenvalue weighted by Crippen LogP contribution is 2.16. The molecule has 9 heteroatoms. The number of furan rings is 1. The SMILES string of the molecule is O=C(NNC(=O)c1ccc[nH]1)c1cccc(NC(=O)c2ccc(Br)o2)c1. The zero-order valence-corrected chi connectivity index (χ0v) is 14.8. The topological polar surface area (TPSA) is 116 Å². The van der Waals surface area contributed by atoms with Crippen molar-refractivity contribution in [2.75, 3.05) is 5.32 Å². The summed E-state index contributed by atoms with van der Waals surface area (Å²) in [5, 5.41) is 2.63. The number of hydrogen-bond acceptors (Lipinski definition) is 4. The summed E-state index contributed by atoms with van der Waals surface area (Å²) in [4.78, 5) is 38.7. The molecular formula is C17H13BrN4O4. The normalized spacial score (nSPS) is 10.2. The lowest BCUT2D eigenvalue weighted by molar-refractivity contribution is 0.0844. The van der Waals surface area contributed by atoms with Crippen LogP contribution in [0.3, 0.4) is 0 Å². The Balaban J connectivity index is 1.62. The molecule has 2 aromatic heterocycles. The van der Waals surface area contributed by atoms with E-state index in [1.54, 1.807) is 42.6 Å². The molecule has 0 radical (unpaired) electrons. The molecule has 4 N–H and O–H groups in total. The van der Waals surface area contributed by atoms with Gasteiger partial charge in [-0.05, 0) is 58.4 Å². The first-order valence-corrected chi connectivity index (χ1v) is 8.23. The number of carbonyl (C=O) groups is 3. The number of carbonyl (C=O) groups excluding carboxylic acids is 3. The predicted molar refractivity (Wildman–Crippen MR) is 96.5 cm³/mol. The van der Waals surface area contributed by atoms with Crippen molar-refractivity contribution in [1.82, 2.24) is 15.8 Å². The first-order valence-electron chi connectivity index (χ1n) is 7.44. The minimum absolute atomic E-state index is 0.130. The van der Waals surface area contributed by atoms with Gasteiger partial charge in [-0.1, -0.05) is 6.07 Å². The zero-order valence-electron chi connectivity index (χ0n) is 13.2. The van der Waals surface area contributed by atoms with E-state index in [9.17, 15) is 14.4 Å². The summed E-state index contributed by atoms with van der Waals surface area (Å²) in [7, 11) is 0. The number of H-pyrrole nitrogens is 1. The molecule has 2 heterocycles. The van der Waals surface area contributed by atoms with Gasteiger partial charge in [0.05, 0.1) is 0 Å². The zero-order chi connectivity index (χ0) is 18.5. The number of hydrazine groups is 1. The standard InChI is InChI=1S/C17H13BrN4O4/c18-14-7-6-13(26-14)17(25)20-11-4-1-3-10(9-11)15(23)21-22-16(24)12-5-2-8-19-12/h1-9,19H,(H,20,25)(H,21,23)(H,22,24). The second-order valence-corrected chi connectivity index (χ2v) is 5.91. The highest BCUT2D eigenvalue weighted by Gasteiger charge is 2.13. The number of amides is 3. The van der Waals surface area contributed by atoms with Crippen LogP contribution in [0.4, 0.5) is 5.69 Å². The number of benzene rings is 1. The Hall–Kier alpha value is -3.33. The van der Waals surface area contributed by atoms with E-state index in [0.717, 1.165) is 0 Å². The molecule has 0 aliphatic rings. The lowest BCUT2D eigenvalue weighted by Gasteiger charge is -2.08. The van der Waals surface area contributed by atoms with Crippen molar-refractivity contribution in [3.05, 3.63) is 76.4 Å². The second-order valence-electron chi connectivity index (χ2n) is 5.13. The molecule has 0 atom stereocenters. The lowest BCUT2D eigenvalue weighted by atomic mass is 10.2. The summed E-state index contributed by atoms with van der Waals surface area (Å²) >= 11 is 3.12. The molecule has 132 valence electrons. The quantitative estimate of drug-likeness (QED) is 0.489. The van der Waals surface area contributed by atoms with E-state index in [2.05, 4.69) is 37.1 Å². The summed E-state index contributed by atoms with van der Waals surface area (Å²) in [6.45, 7) is 0. The first-order chi connectivity index (χ1) is 12.5. The first kappa shape index (κ1) is 17.5. The fourth-order valence-corrected chi connectivity index (χ4v) is 2.40. The van der Waals surface area contributed by atoms with Crippen LogP contribution in [0.2, 0.25) is 0 Å². The maximum Gasteiger partial charge on any atom is 0.291 e. The van der Waals surface area contributed by atoms with Crippen LogP contribution in [-0.2, 0) is 0 Å².